The number of alkyl halides is 1. The fraction of sp³-hybridized carbons (Fsp3) is 0.571. The molecule has 1 aliphatic rings. The molecule has 1 heterocycles. The van der Waals surface area contributed by atoms with Crippen LogP contribution in [0.1, 0.15) is 24.3 Å². The first-order valence-electron chi connectivity index (χ1n) is 6.25. The molecular weight excluding hydrogens is 332 g/mol. The highest BCUT2D eigenvalue weighted by atomic mass is 79.9. The number of methoxy groups -OCH3 is 2. The summed E-state index contributed by atoms with van der Waals surface area (Å²) in [6.07, 6.45) is 1.17. The molecule has 106 valence electrons. The van der Waals surface area contributed by atoms with E-state index in [4.69, 9.17) is 25.8 Å². The SMILES string of the molecule is COc1cc(Br)c(C(Cl)C2CCOC2C)cc1OC. The minimum absolute atomic E-state index is 0.105. The lowest BCUT2D eigenvalue weighted by molar-refractivity contribution is 0.105. The van der Waals surface area contributed by atoms with E-state index >= 15 is 0 Å². The molecule has 0 amide bonds. The third kappa shape index (κ3) is 3.01. The zero-order chi connectivity index (χ0) is 14.0. The van der Waals surface area contributed by atoms with Gasteiger partial charge in [-0.05, 0) is 31.0 Å². The second-order valence-electron chi connectivity index (χ2n) is 4.66. The fourth-order valence-corrected chi connectivity index (χ4v) is 3.66. The van der Waals surface area contributed by atoms with E-state index in [1.807, 2.05) is 12.1 Å². The molecule has 0 radical (unpaired) electrons. The summed E-state index contributed by atoms with van der Waals surface area (Å²) in [5.41, 5.74) is 1.02. The Morgan fingerprint density at radius 2 is 1.95 bits per heavy atom. The molecule has 2 rings (SSSR count). The Kier molecular flexibility index (Phi) is 4.98. The lowest BCUT2D eigenvalue weighted by Crippen LogP contribution is -2.17. The molecule has 3 unspecified atom stereocenters. The average molecular weight is 350 g/mol. The molecule has 19 heavy (non-hydrogen) atoms. The van der Waals surface area contributed by atoms with Crippen molar-refractivity contribution in [3.8, 4) is 11.5 Å². The van der Waals surface area contributed by atoms with Gasteiger partial charge in [0.15, 0.2) is 11.5 Å². The molecule has 0 N–H and O–H groups in total. The van der Waals surface area contributed by atoms with Crippen molar-refractivity contribution in [2.45, 2.75) is 24.8 Å². The second kappa shape index (κ2) is 6.33. The van der Waals surface area contributed by atoms with Crippen LogP contribution in [0.2, 0.25) is 0 Å². The smallest absolute Gasteiger partial charge is 0.161 e. The van der Waals surface area contributed by atoms with Crippen molar-refractivity contribution in [3.63, 3.8) is 0 Å². The summed E-state index contributed by atoms with van der Waals surface area (Å²) >= 11 is 10.2. The summed E-state index contributed by atoms with van der Waals surface area (Å²) in [6.45, 7) is 2.85. The number of halogens is 2. The van der Waals surface area contributed by atoms with Gasteiger partial charge in [0, 0.05) is 17.0 Å². The van der Waals surface area contributed by atoms with Gasteiger partial charge in [0.1, 0.15) is 0 Å². The quantitative estimate of drug-likeness (QED) is 0.764. The fourth-order valence-electron chi connectivity index (χ4n) is 2.44. The number of ether oxygens (including phenoxy) is 3. The molecule has 0 aromatic heterocycles. The lowest BCUT2D eigenvalue weighted by Gasteiger charge is -2.22. The summed E-state index contributed by atoms with van der Waals surface area (Å²) < 4.78 is 17.1. The van der Waals surface area contributed by atoms with Crippen LogP contribution in [-0.4, -0.2) is 26.9 Å². The first-order valence-corrected chi connectivity index (χ1v) is 7.48. The van der Waals surface area contributed by atoms with E-state index in [0.29, 0.717) is 17.4 Å². The lowest BCUT2D eigenvalue weighted by atomic mass is 9.93. The molecule has 1 aliphatic heterocycles. The zero-order valence-electron chi connectivity index (χ0n) is 11.3. The molecule has 3 nitrogen and oxygen atoms in total. The first kappa shape index (κ1) is 14.9. The monoisotopic (exact) mass is 348 g/mol. The van der Waals surface area contributed by atoms with Gasteiger partial charge in [-0.25, -0.2) is 0 Å². The van der Waals surface area contributed by atoms with Gasteiger partial charge in [-0.2, -0.15) is 0 Å². The Balaban J connectivity index is 2.33. The molecule has 1 aromatic rings. The van der Waals surface area contributed by atoms with Gasteiger partial charge < -0.3 is 14.2 Å². The van der Waals surface area contributed by atoms with Gasteiger partial charge in [-0.15, -0.1) is 11.6 Å². The van der Waals surface area contributed by atoms with Crippen molar-refractivity contribution in [2.75, 3.05) is 20.8 Å². The van der Waals surface area contributed by atoms with Crippen LogP contribution in [0.25, 0.3) is 0 Å². The van der Waals surface area contributed by atoms with E-state index in [2.05, 4.69) is 22.9 Å². The van der Waals surface area contributed by atoms with Crippen molar-refractivity contribution in [2.24, 2.45) is 5.92 Å². The minimum Gasteiger partial charge on any atom is -0.493 e. The zero-order valence-corrected chi connectivity index (χ0v) is 13.6. The molecular formula is C14H18BrClO3. The van der Waals surface area contributed by atoms with Crippen LogP contribution in [0.4, 0.5) is 0 Å². The van der Waals surface area contributed by atoms with Crippen molar-refractivity contribution >= 4 is 27.5 Å². The average Bonchev–Trinajstić information content (AvgIpc) is 2.83. The van der Waals surface area contributed by atoms with Gasteiger partial charge in [-0.1, -0.05) is 15.9 Å². The minimum atomic E-state index is -0.105. The highest BCUT2D eigenvalue weighted by Gasteiger charge is 2.33. The van der Waals surface area contributed by atoms with Crippen LogP contribution < -0.4 is 9.47 Å². The summed E-state index contributed by atoms with van der Waals surface area (Å²) in [7, 11) is 3.25. The van der Waals surface area contributed by atoms with E-state index in [1.165, 1.54) is 0 Å². The van der Waals surface area contributed by atoms with Crippen molar-refractivity contribution in [1.82, 2.24) is 0 Å². The number of rotatable bonds is 4. The van der Waals surface area contributed by atoms with E-state index in [-0.39, 0.29) is 11.5 Å². The molecule has 1 fully saturated rings. The maximum absolute atomic E-state index is 6.63. The van der Waals surface area contributed by atoms with Crippen molar-refractivity contribution in [1.29, 1.82) is 0 Å². The van der Waals surface area contributed by atoms with E-state index in [1.54, 1.807) is 14.2 Å². The van der Waals surface area contributed by atoms with Gasteiger partial charge in [0.25, 0.3) is 0 Å². The summed E-state index contributed by atoms with van der Waals surface area (Å²) in [5.74, 6) is 1.70. The Labute approximate surface area is 127 Å². The van der Waals surface area contributed by atoms with E-state index in [9.17, 15) is 0 Å². The van der Waals surface area contributed by atoms with Gasteiger partial charge in [-0.3, -0.25) is 0 Å². The number of hydrogen-bond donors (Lipinski definition) is 0. The predicted octanol–water partition coefficient (Wildman–Crippen LogP) is 4.17. The van der Waals surface area contributed by atoms with Crippen LogP contribution in [-0.2, 0) is 4.74 Å². The normalized spacial score (nSPS) is 24.3. The number of benzene rings is 1. The summed E-state index contributed by atoms with van der Waals surface area (Å²) in [6, 6.07) is 3.83. The molecule has 0 saturated carbocycles. The summed E-state index contributed by atoms with van der Waals surface area (Å²) in [5, 5.41) is -0.105. The van der Waals surface area contributed by atoms with Gasteiger partial charge in [0.2, 0.25) is 0 Å². The maximum atomic E-state index is 6.63. The van der Waals surface area contributed by atoms with Crippen LogP contribution in [0.15, 0.2) is 16.6 Å². The van der Waals surface area contributed by atoms with Crippen LogP contribution >= 0.6 is 27.5 Å². The topological polar surface area (TPSA) is 27.7 Å². The standard InChI is InChI=1S/C14H18BrClO3/c1-8-9(4-5-19-8)14(16)10-6-12(17-2)13(18-3)7-11(10)15/h6-9,14H,4-5H2,1-3H3. The predicted molar refractivity (Wildman–Crippen MR) is 79.4 cm³/mol. The molecule has 1 saturated heterocycles. The van der Waals surface area contributed by atoms with Crippen LogP contribution in [0, 0.1) is 5.92 Å². The highest BCUT2D eigenvalue weighted by molar-refractivity contribution is 9.10. The van der Waals surface area contributed by atoms with Gasteiger partial charge in [0.05, 0.1) is 25.7 Å². The molecule has 0 bridgehead atoms. The Hall–Kier alpha value is -0.450. The van der Waals surface area contributed by atoms with E-state index in [0.717, 1.165) is 23.1 Å². The molecule has 3 atom stereocenters. The van der Waals surface area contributed by atoms with Crippen molar-refractivity contribution in [3.05, 3.63) is 22.2 Å². The van der Waals surface area contributed by atoms with E-state index < -0.39 is 0 Å². The van der Waals surface area contributed by atoms with Crippen LogP contribution in [0.5, 0.6) is 11.5 Å². The third-order valence-electron chi connectivity index (χ3n) is 3.61. The Morgan fingerprint density at radius 3 is 2.47 bits per heavy atom. The molecule has 1 aromatic carbocycles. The molecule has 5 heteroatoms. The highest BCUT2D eigenvalue weighted by Crippen LogP contribution is 2.44. The van der Waals surface area contributed by atoms with Crippen LogP contribution in [0.3, 0.4) is 0 Å². The molecule has 0 spiro atoms. The Bertz CT molecular complexity index is 453. The second-order valence-corrected chi connectivity index (χ2v) is 5.98. The largest absolute Gasteiger partial charge is 0.493 e. The number of hydrogen-bond acceptors (Lipinski definition) is 3. The third-order valence-corrected chi connectivity index (χ3v) is 4.86. The van der Waals surface area contributed by atoms with Gasteiger partial charge >= 0.3 is 0 Å². The van der Waals surface area contributed by atoms with Crippen molar-refractivity contribution < 1.29 is 14.2 Å². The first-order chi connectivity index (χ1) is 9.08. The summed E-state index contributed by atoms with van der Waals surface area (Å²) in [4.78, 5) is 0. The molecule has 0 aliphatic carbocycles. The Morgan fingerprint density at radius 1 is 1.32 bits per heavy atom. The maximum Gasteiger partial charge on any atom is 0.161 e.